The number of ether oxygens (including phenoxy) is 2. The van der Waals surface area contributed by atoms with Crippen molar-refractivity contribution in [2.24, 2.45) is 0 Å². The SMILES string of the molecule is C=CCOc1ccc(C(=O)N2CCN(C(=O)CN3CCOCC3)CC2)cc1. The van der Waals surface area contributed by atoms with Gasteiger partial charge in [-0.15, -0.1) is 0 Å². The Kier molecular flexibility index (Phi) is 6.84. The van der Waals surface area contributed by atoms with E-state index >= 15 is 0 Å². The summed E-state index contributed by atoms with van der Waals surface area (Å²) in [5, 5.41) is 0. The maximum absolute atomic E-state index is 12.7. The minimum absolute atomic E-state index is 0.00875. The van der Waals surface area contributed by atoms with Crippen LogP contribution in [-0.2, 0) is 9.53 Å². The van der Waals surface area contributed by atoms with Crippen LogP contribution >= 0.6 is 0 Å². The number of nitrogens with zero attached hydrogens (tertiary/aromatic N) is 3. The molecule has 27 heavy (non-hydrogen) atoms. The molecule has 7 heteroatoms. The zero-order chi connectivity index (χ0) is 19.1. The number of hydrogen-bond acceptors (Lipinski definition) is 5. The van der Waals surface area contributed by atoms with Gasteiger partial charge in [-0.25, -0.2) is 0 Å². The third-order valence-electron chi connectivity index (χ3n) is 4.85. The first-order valence-corrected chi connectivity index (χ1v) is 9.38. The van der Waals surface area contributed by atoms with Crippen molar-refractivity contribution in [3.8, 4) is 5.75 Å². The zero-order valence-corrected chi connectivity index (χ0v) is 15.6. The van der Waals surface area contributed by atoms with Gasteiger partial charge in [0, 0.05) is 44.8 Å². The summed E-state index contributed by atoms with van der Waals surface area (Å²) in [6.07, 6.45) is 1.68. The molecule has 0 radical (unpaired) electrons. The highest BCUT2D eigenvalue weighted by molar-refractivity contribution is 5.94. The lowest BCUT2D eigenvalue weighted by molar-refractivity contribution is -0.134. The Morgan fingerprint density at radius 1 is 1.00 bits per heavy atom. The average Bonchev–Trinajstić information content (AvgIpc) is 2.73. The molecule has 2 heterocycles. The average molecular weight is 373 g/mol. The minimum Gasteiger partial charge on any atom is -0.490 e. The maximum atomic E-state index is 12.7. The van der Waals surface area contributed by atoms with E-state index in [1.54, 1.807) is 35.2 Å². The fourth-order valence-corrected chi connectivity index (χ4v) is 3.24. The fraction of sp³-hybridized carbons (Fsp3) is 0.500. The highest BCUT2D eigenvalue weighted by atomic mass is 16.5. The second-order valence-electron chi connectivity index (χ2n) is 6.69. The van der Waals surface area contributed by atoms with Gasteiger partial charge in [-0.05, 0) is 24.3 Å². The molecule has 2 aliphatic heterocycles. The minimum atomic E-state index is -0.00875. The normalized spacial score (nSPS) is 18.2. The molecule has 0 aromatic heterocycles. The van der Waals surface area contributed by atoms with Gasteiger partial charge in [-0.2, -0.15) is 0 Å². The lowest BCUT2D eigenvalue weighted by atomic mass is 10.1. The van der Waals surface area contributed by atoms with E-state index in [1.807, 2.05) is 4.90 Å². The van der Waals surface area contributed by atoms with Crippen LogP contribution in [0.5, 0.6) is 5.75 Å². The van der Waals surface area contributed by atoms with E-state index in [9.17, 15) is 9.59 Å². The molecule has 1 aromatic carbocycles. The molecule has 0 N–H and O–H groups in total. The Labute approximate surface area is 160 Å². The number of rotatable bonds is 6. The van der Waals surface area contributed by atoms with Crippen LogP contribution in [0, 0.1) is 0 Å². The second-order valence-corrected chi connectivity index (χ2v) is 6.69. The van der Waals surface area contributed by atoms with E-state index < -0.39 is 0 Å². The zero-order valence-electron chi connectivity index (χ0n) is 15.6. The first-order chi connectivity index (χ1) is 13.2. The Hall–Kier alpha value is -2.38. The molecule has 1 aromatic rings. The molecular weight excluding hydrogens is 346 g/mol. The number of carbonyl (C=O) groups is 2. The molecule has 0 atom stereocenters. The number of benzene rings is 1. The van der Waals surface area contributed by atoms with Gasteiger partial charge in [-0.3, -0.25) is 14.5 Å². The molecule has 0 spiro atoms. The van der Waals surface area contributed by atoms with Gasteiger partial charge in [0.25, 0.3) is 5.91 Å². The van der Waals surface area contributed by atoms with E-state index in [2.05, 4.69) is 11.5 Å². The van der Waals surface area contributed by atoms with Crippen LogP contribution in [0.2, 0.25) is 0 Å². The van der Waals surface area contributed by atoms with Gasteiger partial charge in [0.1, 0.15) is 12.4 Å². The summed E-state index contributed by atoms with van der Waals surface area (Å²) >= 11 is 0. The van der Waals surface area contributed by atoms with Gasteiger partial charge >= 0.3 is 0 Å². The lowest BCUT2D eigenvalue weighted by Gasteiger charge is -2.36. The first kappa shape index (κ1) is 19.4. The van der Waals surface area contributed by atoms with Crippen molar-refractivity contribution in [2.45, 2.75) is 0 Å². The summed E-state index contributed by atoms with van der Waals surface area (Å²) in [4.78, 5) is 30.9. The van der Waals surface area contributed by atoms with Crippen LogP contribution in [0.15, 0.2) is 36.9 Å². The Bertz CT molecular complexity index is 648. The van der Waals surface area contributed by atoms with E-state index in [0.717, 1.165) is 13.1 Å². The quantitative estimate of drug-likeness (QED) is 0.693. The number of amides is 2. The molecule has 0 aliphatic carbocycles. The second kappa shape index (κ2) is 9.53. The van der Waals surface area contributed by atoms with E-state index in [-0.39, 0.29) is 11.8 Å². The fourth-order valence-electron chi connectivity index (χ4n) is 3.24. The third kappa shape index (κ3) is 5.30. The molecule has 2 aliphatic rings. The van der Waals surface area contributed by atoms with Crippen LogP contribution in [0.1, 0.15) is 10.4 Å². The van der Waals surface area contributed by atoms with Crippen molar-refractivity contribution in [3.05, 3.63) is 42.5 Å². The standard InChI is InChI=1S/C20H27N3O4/c1-2-13-27-18-5-3-17(4-6-18)20(25)23-9-7-22(8-10-23)19(24)16-21-11-14-26-15-12-21/h2-6H,1,7-16H2. The van der Waals surface area contributed by atoms with Gasteiger partial charge in [-0.1, -0.05) is 12.7 Å². The van der Waals surface area contributed by atoms with Crippen molar-refractivity contribution in [1.82, 2.24) is 14.7 Å². The molecule has 7 nitrogen and oxygen atoms in total. The molecule has 0 bridgehead atoms. The predicted octanol–water partition coefficient (Wildman–Crippen LogP) is 0.868. The molecule has 3 rings (SSSR count). The van der Waals surface area contributed by atoms with Gasteiger partial charge in [0.2, 0.25) is 5.91 Å². The topological polar surface area (TPSA) is 62.3 Å². The maximum Gasteiger partial charge on any atom is 0.253 e. The van der Waals surface area contributed by atoms with Crippen LogP contribution in [0.25, 0.3) is 0 Å². The Balaban J connectivity index is 1.47. The van der Waals surface area contributed by atoms with E-state index in [0.29, 0.717) is 63.9 Å². The predicted molar refractivity (Wildman–Crippen MR) is 102 cm³/mol. The van der Waals surface area contributed by atoms with Crippen LogP contribution in [-0.4, -0.2) is 92.1 Å². The number of hydrogen-bond donors (Lipinski definition) is 0. The molecule has 2 fully saturated rings. The highest BCUT2D eigenvalue weighted by Crippen LogP contribution is 2.15. The summed E-state index contributed by atoms with van der Waals surface area (Å²) in [6, 6.07) is 7.13. The summed E-state index contributed by atoms with van der Waals surface area (Å²) in [5.74, 6) is 0.836. The number of morpholine rings is 1. The highest BCUT2D eigenvalue weighted by Gasteiger charge is 2.26. The van der Waals surface area contributed by atoms with E-state index in [4.69, 9.17) is 9.47 Å². The molecule has 146 valence electrons. The third-order valence-corrected chi connectivity index (χ3v) is 4.85. The smallest absolute Gasteiger partial charge is 0.253 e. The molecule has 2 amide bonds. The lowest BCUT2D eigenvalue weighted by Crippen LogP contribution is -2.53. The van der Waals surface area contributed by atoms with E-state index in [1.165, 1.54) is 0 Å². The number of piperazine rings is 1. The van der Waals surface area contributed by atoms with Crippen molar-refractivity contribution in [1.29, 1.82) is 0 Å². The van der Waals surface area contributed by atoms with Crippen molar-refractivity contribution < 1.29 is 19.1 Å². The van der Waals surface area contributed by atoms with Crippen LogP contribution < -0.4 is 4.74 Å². The van der Waals surface area contributed by atoms with Crippen LogP contribution in [0.4, 0.5) is 0 Å². The Morgan fingerprint density at radius 2 is 1.63 bits per heavy atom. The largest absolute Gasteiger partial charge is 0.490 e. The molecule has 2 saturated heterocycles. The summed E-state index contributed by atoms with van der Waals surface area (Å²) in [6.45, 7) is 9.74. The molecule has 0 unspecified atom stereocenters. The van der Waals surface area contributed by atoms with Gasteiger partial charge in [0.05, 0.1) is 19.8 Å². The number of carbonyl (C=O) groups excluding carboxylic acids is 2. The first-order valence-electron chi connectivity index (χ1n) is 9.38. The Morgan fingerprint density at radius 3 is 2.26 bits per heavy atom. The monoisotopic (exact) mass is 373 g/mol. The van der Waals surface area contributed by atoms with Gasteiger partial charge < -0.3 is 19.3 Å². The molecular formula is C20H27N3O4. The van der Waals surface area contributed by atoms with Gasteiger partial charge in [0.15, 0.2) is 0 Å². The summed E-state index contributed by atoms with van der Waals surface area (Å²) in [5.41, 5.74) is 0.633. The summed E-state index contributed by atoms with van der Waals surface area (Å²) < 4.78 is 10.8. The van der Waals surface area contributed by atoms with Crippen molar-refractivity contribution in [2.75, 3.05) is 65.6 Å². The van der Waals surface area contributed by atoms with Crippen LogP contribution in [0.3, 0.4) is 0 Å². The van der Waals surface area contributed by atoms with Crippen molar-refractivity contribution >= 4 is 11.8 Å². The molecule has 0 saturated carbocycles. The van der Waals surface area contributed by atoms with Crippen molar-refractivity contribution in [3.63, 3.8) is 0 Å². The summed E-state index contributed by atoms with van der Waals surface area (Å²) in [7, 11) is 0.